The molecule has 0 saturated carbocycles. The Bertz CT molecular complexity index is 737. The molecule has 3 aromatic rings. The highest BCUT2D eigenvalue weighted by Gasteiger charge is 2.09. The lowest BCUT2D eigenvalue weighted by Gasteiger charge is -2.06. The van der Waals surface area contributed by atoms with E-state index in [0.717, 1.165) is 26.8 Å². The Balaban J connectivity index is 2.21. The minimum absolute atomic E-state index is 0.263. The fraction of sp³-hybridized carbons (Fsp3) is 0.0714. The molecular weight excluding hydrogens is 311 g/mol. The number of ether oxygens (including phenoxy) is 1. The van der Waals surface area contributed by atoms with Crippen molar-refractivity contribution in [3.63, 3.8) is 0 Å². The van der Waals surface area contributed by atoms with Crippen LogP contribution in [0.25, 0.3) is 16.6 Å². The molecule has 0 unspecified atom stereocenters. The van der Waals surface area contributed by atoms with E-state index < -0.39 is 0 Å². The quantitative estimate of drug-likeness (QED) is 0.715. The largest absolute Gasteiger partial charge is 0.495 e. The number of rotatable bonds is 2. The van der Waals surface area contributed by atoms with E-state index in [1.807, 2.05) is 12.1 Å². The topological polar surface area (TPSA) is 27.1 Å². The van der Waals surface area contributed by atoms with Crippen LogP contribution in [0.4, 0.5) is 4.39 Å². The second-order valence-corrected chi connectivity index (χ2v) is 4.93. The lowest BCUT2D eigenvalue weighted by atomic mass is 10.2. The van der Waals surface area contributed by atoms with E-state index in [9.17, 15) is 4.39 Å². The van der Waals surface area contributed by atoms with Crippen molar-refractivity contribution in [3.05, 3.63) is 52.9 Å². The lowest BCUT2D eigenvalue weighted by molar-refractivity contribution is 0.412. The third-order valence-corrected chi connectivity index (χ3v) is 3.53. The SMILES string of the molecule is COc1cc2c(cnn2-c2ccc(F)cc2)cc1Br. The first kappa shape index (κ1) is 12.2. The molecule has 0 radical (unpaired) electrons. The second kappa shape index (κ2) is 4.66. The maximum absolute atomic E-state index is 13.0. The van der Waals surface area contributed by atoms with Crippen LogP contribution in [0.15, 0.2) is 47.1 Å². The first-order chi connectivity index (χ1) is 9.19. The number of hydrogen-bond acceptors (Lipinski definition) is 2. The fourth-order valence-corrected chi connectivity index (χ4v) is 2.49. The van der Waals surface area contributed by atoms with E-state index in [-0.39, 0.29) is 5.82 Å². The van der Waals surface area contributed by atoms with Crippen molar-refractivity contribution in [1.82, 2.24) is 9.78 Å². The number of benzene rings is 2. The first-order valence-electron chi connectivity index (χ1n) is 5.66. The predicted octanol–water partition coefficient (Wildman–Crippen LogP) is 3.94. The minimum atomic E-state index is -0.263. The Morgan fingerprint density at radius 1 is 1.21 bits per heavy atom. The van der Waals surface area contributed by atoms with E-state index in [1.165, 1.54) is 12.1 Å². The van der Waals surface area contributed by atoms with Crippen molar-refractivity contribution in [3.8, 4) is 11.4 Å². The summed E-state index contributed by atoms with van der Waals surface area (Å²) < 4.78 is 20.9. The summed E-state index contributed by atoms with van der Waals surface area (Å²) in [5, 5.41) is 5.31. The van der Waals surface area contributed by atoms with Gasteiger partial charge in [-0.3, -0.25) is 0 Å². The summed E-state index contributed by atoms with van der Waals surface area (Å²) in [5.41, 5.74) is 1.72. The Morgan fingerprint density at radius 3 is 2.63 bits per heavy atom. The van der Waals surface area contributed by atoms with Gasteiger partial charge < -0.3 is 4.74 Å². The molecule has 96 valence electrons. The number of fused-ring (bicyclic) bond motifs is 1. The zero-order chi connectivity index (χ0) is 13.4. The number of nitrogens with zero attached hydrogens (tertiary/aromatic N) is 2. The zero-order valence-corrected chi connectivity index (χ0v) is 11.7. The predicted molar refractivity (Wildman–Crippen MR) is 75.3 cm³/mol. The van der Waals surface area contributed by atoms with Crippen LogP contribution in [-0.2, 0) is 0 Å². The first-order valence-corrected chi connectivity index (χ1v) is 6.45. The van der Waals surface area contributed by atoms with Crippen molar-refractivity contribution < 1.29 is 9.13 Å². The van der Waals surface area contributed by atoms with Gasteiger partial charge in [0.05, 0.1) is 29.0 Å². The van der Waals surface area contributed by atoms with Gasteiger partial charge in [0, 0.05) is 11.5 Å². The van der Waals surface area contributed by atoms with Gasteiger partial charge in [0.15, 0.2) is 0 Å². The Labute approximate surface area is 117 Å². The molecule has 0 fully saturated rings. The third kappa shape index (κ3) is 2.10. The Morgan fingerprint density at radius 2 is 1.95 bits per heavy atom. The van der Waals surface area contributed by atoms with Crippen molar-refractivity contribution in [2.75, 3.05) is 7.11 Å². The smallest absolute Gasteiger partial charge is 0.135 e. The van der Waals surface area contributed by atoms with Crippen LogP contribution in [0.5, 0.6) is 5.75 Å². The molecule has 0 atom stereocenters. The summed E-state index contributed by atoms with van der Waals surface area (Å²) in [7, 11) is 1.62. The summed E-state index contributed by atoms with van der Waals surface area (Å²) in [6, 6.07) is 10.1. The van der Waals surface area contributed by atoms with Crippen LogP contribution in [0, 0.1) is 5.82 Å². The highest BCUT2D eigenvalue weighted by Crippen LogP contribution is 2.31. The lowest BCUT2D eigenvalue weighted by Crippen LogP contribution is -1.96. The van der Waals surface area contributed by atoms with E-state index in [1.54, 1.807) is 30.1 Å². The van der Waals surface area contributed by atoms with E-state index in [0.29, 0.717) is 0 Å². The highest BCUT2D eigenvalue weighted by molar-refractivity contribution is 9.10. The molecule has 1 heterocycles. The molecule has 2 aromatic carbocycles. The van der Waals surface area contributed by atoms with Crippen molar-refractivity contribution >= 4 is 26.8 Å². The van der Waals surface area contributed by atoms with Gasteiger partial charge in [0.25, 0.3) is 0 Å². The van der Waals surface area contributed by atoms with Gasteiger partial charge in [-0.25, -0.2) is 9.07 Å². The molecule has 3 nitrogen and oxygen atoms in total. The van der Waals surface area contributed by atoms with Gasteiger partial charge in [0.1, 0.15) is 11.6 Å². The van der Waals surface area contributed by atoms with Crippen LogP contribution in [0.1, 0.15) is 0 Å². The fourth-order valence-electron chi connectivity index (χ4n) is 1.97. The van der Waals surface area contributed by atoms with Crippen LogP contribution in [-0.4, -0.2) is 16.9 Å². The molecule has 0 aliphatic carbocycles. The van der Waals surface area contributed by atoms with Gasteiger partial charge >= 0.3 is 0 Å². The molecule has 0 N–H and O–H groups in total. The number of halogens is 2. The van der Waals surface area contributed by atoms with Gasteiger partial charge in [0.2, 0.25) is 0 Å². The summed E-state index contributed by atoms with van der Waals surface area (Å²) in [6.07, 6.45) is 1.77. The maximum Gasteiger partial charge on any atom is 0.135 e. The average molecular weight is 321 g/mol. The zero-order valence-electron chi connectivity index (χ0n) is 10.1. The molecule has 0 saturated heterocycles. The molecule has 0 amide bonds. The summed E-state index contributed by atoms with van der Waals surface area (Å²) in [5.74, 6) is 0.469. The summed E-state index contributed by atoms with van der Waals surface area (Å²) in [6.45, 7) is 0. The van der Waals surface area contributed by atoms with Crippen LogP contribution in [0.2, 0.25) is 0 Å². The van der Waals surface area contributed by atoms with Crippen LogP contribution in [0.3, 0.4) is 0 Å². The second-order valence-electron chi connectivity index (χ2n) is 4.08. The van der Waals surface area contributed by atoms with Crippen molar-refractivity contribution in [2.45, 2.75) is 0 Å². The van der Waals surface area contributed by atoms with E-state index in [2.05, 4.69) is 21.0 Å². The molecule has 5 heteroatoms. The van der Waals surface area contributed by atoms with Crippen molar-refractivity contribution in [1.29, 1.82) is 0 Å². The van der Waals surface area contributed by atoms with Crippen molar-refractivity contribution in [2.24, 2.45) is 0 Å². The number of methoxy groups -OCH3 is 1. The van der Waals surface area contributed by atoms with Gasteiger partial charge in [-0.1, -0.05) is 0 Å². The Hall–Kier alpha value is -1.88. The minimum Gasteiger partial charge on any atom is -0.495 e. The standard InChI is InChI=1S/C14H10BrFN2O/c1-19-14-7-13-9(6-12(14)15)8-17-18(13)11-4-2-10(16)3-5-11/h2-8H,1H3. The summed E-state index contributed by atoms with van der Waals surface area (Å²) >= 11 is 3.44. The molecule has 19 heavy (non-hydrogen) atoms. The molecule has 0 spiro atoms. The van der Waals surface area contributed by atoms with Crippen LogP contribution < -0.4 is 4.74 Å². The van der Waals surface area contributed by atoms with Gasteiger partial charge in [-0.2, -0.15) is 5.10 Å². The van der Waals surface area contributed by atoms with E-state index >= 15 is 0 Å². The monoisotopic (exact) mass is 320 g/mol. The molecule has 1 aromatic heterocycles. The molecule has 0 aliphatic rings. The molecule has 3 rings (SSSR count). The number of aromatic nitrogens is 2. The Kier molecular flexibility index (Phi) is 2.98. The average Bonchev–Trinajstić information content (AvgIpc) is 2.81. The molecule has 0 aliphatic heterocycles. The molecular formula is C14H10BrFN2O. The highest BCUT2D eigenvalue weighted by atomic mass is 79.9. The normalized spacial score (nSPS) is 10.9. The maximum atomic E-state index is 13.0. The summed E-state index contributed by atoms with van der Waals surface area (Å²) in [4.78, 5) is 0. The van der Waals surface area contributed by atoms with Gasteiger partial charge in [-0.05, 0) is 46.3 Å². The van der Waals surface area contributed by atoms with Crippen LogP contribution >= 0.6 is 15.9 Å². The third-order valence-electron chi connectivity index (χ3n) is 2.91. The molecule has 0 bridgehead atoms. The number of hydrogen-bond donors (Lipinski definition) is 0. The van der Waals surface area contributed by atoms with E-state index in [4.69, 9.17) is 4.74 Å². The van der Waals surface area contributed by atoms with Gasteiger partial charge in [-0.15, -0.1) is 0 Å².